The van der Waals surface area contributed by atoms with Gasteiger partial charge in [0.25, 0.3) is 0 Å². The van der Waals surface area contributed by atoms with Crippen molar-refractivity contribution in [2.24, 2.45) is 0 Å². The van der Waals surface area contributed by atoms with Gasteiger partial charge in [0, 0.05) is 100.0 Å². The third-order valence-electron chi connectivity index (χ3n) is 19.6. The average molecular weight is 1330 g/mol. The van der Waals surface area contributed by atoms with Crippen LogP contribution in [-0.2, 0) is 0 Å². The van der Waals surface area contributed by atoms with E-state index in [1.807, 2.05) is 89.5 Å². The maximum absolute atomic E-state index is 8.91. The van der Waals surface area contributed by atoms with Crippen molar-refractivity contribution in [3.05, 3.63) is 400 Å². The van der Waals surface area contributed by atoms with Gasteiger partial charge in [0.15, 0.2) is 0 Å². The highest BCUT2D eigenvalue weighted by atomic mass is 15.2. The van der Waals surface area contributed by atoms with Gasteiger partial charge in [-0.25, -0.2) is 0 Å². The van der Waals surface area contributed by atoms with Gasteiger partial charge in [0.1, 0.15) is 0 Å². The number of para-hydroxylation sites is 10. The van der Waals surface area contributed by atoms with Crippen molar-refractivity contribution in [2.75, 3.05) is 9.80 Å². The molecule has 0 spiro atoms. The van der Waals surface area contributed by atoms with Crippen molar-refractivity contribution in [3.63, 3.8) is 0 Å². The lowest BCUT2D eigenvalue weighted by molar-refractivity contribution is 1.15. The molecule has 0 bridgehead atoms. The van der Waals surface area contributed by atoms with E-state index in [1.54, 1.807) is 22.8 Å². The summed E-state index contributed by atoms with van der Waals surface area (Å²) in [5.74, 6) is 0. The van der Waals surface area contributed by atoms with E-state index >= 15 is 0 Å². The summed E-state index contributed by atoms with van der Waals surface area (Å²) in [6.07, 6.45) is 0. The Morgan fingerprint density at radius 3 is 0.913 bits per heavy atom. The first-order valence-corrected chi connectivity index (χ1v) is 34.1. The molecule has 0 N–H and O–H groups in total. The molecule has 103 heavy (non-hydrogen) atoms. The van der Waals surface area contributed by atoms with Crippen molar-refractivity contribution < 1.29 is 20.6 Å². The number of rotatable bonds is 12. The van der Waals surface area contributed by atoms with Crippen LogP contribution in [0.25, 0.3) is 132 Å². The standard InChI is InChI=1S/C49H35N3.C48H33N3/c1-34-15-8-11-24-45(34)52-47-26-13-10-23-42(47)44-32-36(28-30-49(44)52)35-27-29-48-43(31-35)41-22-9-12-25-46(41)51(48)40-21-14-20-39(33-40)50(37-16-4-2-5-17-37)38-18-6-3-7-19-38;1-4-15-36(16-5-1)49(37-17-6-2-7-18-37)39-21-14-22-40(33-39)51-46-26-13-11-24-42(46)44-32-35(28-30-48(44)51)34-27-29-47-43(31-34)41-23-10-12-25-45(41)50(47)38-19-8-3-9-20-38/h2-33H,1H3;1-33H/i;1D,2D,3D,4D,5D,6D,7D,8D,9D,15D,16D,17D,18D,19D,20D. The Balaban J connectivity index is 0.000000161. The first-order chi connectivity index (χ1) is 57.3. The molecule has 486 valence electrons. The van der Waals surface area contributed by atoms with E-state index in [0.29, 0.717) is 16.7 Å². The number of anilines is 6. The Bertz CT molecular complexity index is 7360. The highest BCUT2D eigenvalue weighted by Crippen LogP contribution is 2.44. The number of nitrogens with zero attached hydrogens (tertiary/aromatic N) is 6. The van der Waals surface area contributed by atoms with Crippen LogP contribution >= 0.6 is 0 Å². The number of aromatic nitrogens is 4. The van der Waals surface area contributed by atoms with Crippen LogP contribution in [0.5, 0.6) is 0 Å². The maximum atomic E-state index is 8.91. The Labute approximate surface area is 618 Å². The molecule has 20 aromatic rings. The smallest absolute Gasteiger partial charge is 0.0645 e. The van der Waals surface area contributed by atoms with Crippen LogP contribution in [0.1, 0.15) is 26.1 Å². The maximum Gasteiger partial charge on any atom is 0.0645 e. The molecule has 0 aliphatic heterocycles. The van der Waals surface area contributed by atoms with E-state index < -0.39 is 89.9 Å². The van der Waals surface area contributed by atoms with Crippen LogP contribution in [0.3, 0.4) is 0 Å². The van der Waals surface area contributed by atoms with Crippen molar-refractivity contribution in [1.29, 1.82) is 0 Å². The first kappa shape index (κ1) is 46.6. The van der Waals surface area contributed by atoms with Gasteiger partial charge in [-0.15, -0.1) is 0 Å². The predicted octanol–water partition coefficient (Wildman–Crippen LogP) is 26.3. The van der Waals surface area contributed by atoms with Crippen LogP contribution in [0.2, 0.25) is 0 Å². The van der Waals surface area contributed by atoms with Gasteiger partial charge < -0.3 is 28.1 Å². The minimum absolute atomic E-state index is 0.0583. The molecule has 4 heterocycles. The second-order valence-electron chi connectivity index (χ2n) is 25.4. The molecule has 20 rings (SSSR count). The molecule has 0 saturated heterocycles. The van der Waals surface area contributed by atoms with E-state index in [-0.39, 0.29) is 23.5 Å². The summed E-state index contributed by atoms with van der Waals surface area (Å²) in [5.41, 5.74) is 18.9. The van der Waals surface area contributed by atoms with Gasteiger partial charge in [-0.05, 0) is 211 Å². The molecule has 0 radical (unpaired) electrons. The Morgan fingerprint density at radius 2 is 0.515 bits per heavy atom. The van der Waals surface area contributed by atoms with E-state index in [1.165, 1.54) is 66.0 Å². The van der Waals surface area contributed by atoms with E-state index in [0.717, 1.165) is 71.4 Å². The van der Waals surface area contributed by atoms with Gasteiger partial charge >= 0.3 is 0 Å². The average Bonchev–Trinajstić information content (AvgIpc) is 1.66. The van der Waals surface area contributed by atoms with E-state index in [9.17, 15) is 0 Å². The molecule has 0 atom stereocenters. The molecule has 4 aromatic heterocycles. The second kappa shape index (κ2) is 25.6. The third-order valence-corrected chi connectivity index (χ3v) is 19.6. The minimum Gasteiger partial charge on any atom is -0.310 e. The molecule has 0 unspecified atom stereocenters. The van der Waals surface area contributed by atoms with Gasteiger partial charge in [-0.2, -0.15) is 0 Å². The van der Waals surface area contributed by atoms with Crippen molar-refractivity contribution in [3.8, 4) is 45.0 Å². The summed E-state index contributed by atoms with van der Waals surface area (Å²) in [6.45, 7) is 2.19. The van der Waals surface area contributed by atoms with Gasteiger partial charge in [-0.3, -0.25) is 0 Å². The fourth-order valence-corrected chi connectivity index (χ4v) is 15.1. The molecular formula is C97H68N6. The second-order valence-corrected chi connectivity index (χ2v) is 25.4. The largest absolute Gasteiger partial charge is 0.310 e. The van der Waals surface area contributed by atoms with Gasteiger partial charge in [-0.1, -0.05) is 218 Å². The predicted molar refractivity (Wildman–Crippen MR) is 435 cm³/mol. The van der Waals surface area contributed by atoms with Crippen molar-refractivity contribution in [1.82, 2.24) is 18.3 Å². The van der Waals surface area contributed by atoms with E-state index in [2.05, 4.69) is 221 Å². The molecule has 0 aliphatic carbocycles. The highest BCUT2D eigenvalue weighted by molar-refractivity contribution is 6.15. The summed E-state index contributed by atoms with van der Waals surface area (Å²) in [5, 5.41) is 8.43. The quantitative estimate of drug-likeness (QED) is 0.122. The lowest BCUT2D eigenvalue weighted by Crippen LogP contribution is -2.10. The number of fused-ring (bicyclic) bond motifs is 12. The molecule has 6 heteroatoms. The number of hydrogen-bond donors (Lipinski definition) is 0. The van der Waals surface area contributed by atoms with Crippen LogP contribution < -0.4 is 9.80 Å². The number of aryl methyl sites for hydroxylation is 1. The summed E-state index contributed by atoms with van der Waals surface area (Å²) < 4.78 is 137. The molecule has 0 aliphatic rings. The molecular weight excluding hydrogens is 1250 g/mol. The minimum atomic E-state index is -0.656. The Hall–Kier alpha value is -13.7. The lowest BCUT2D eigenvalue weighted by Gasteiger charge is -2.26. The lowest BCUT2D eigenvalue weighted by atomic mass is 10.0. The summed E-state index contributed by atoms with van der Waals surface area (Å²) in [4.78, 5) is 3.46. The van der Waals surface area contributed by atoms with Crippen LogP contribution in [0, 0.1) is 6.92 Å². The first-order valence-electron chi connectivity index (χ1n) is 41.6. The van der Waals surface area contributed by atoms with Crippen LogP contribution in [-0.4, -0.2) is 18.3 Å². The van der Waals surface area contributed by atoms with E-state index in [4.69, 9.17) is 20.6 Å². The summed E-state index contributed by atoms with van der Waals surface area (Å²) >= 11 is 0. The zero-order valence-corrected chi connectivity index (χ0v) is 55.6. The van der Waals surface area contributed by atoms with Gasteiger partial charge in [0.2, 0.25) is 0 Å². The topological polar surface area (TPSA) is 26.2 Å². The zero-order chi connectivity index (χ0) is 81.4. The molecule has 16 aromatic carbocycles. The SMILES string of the molecule is Cc1ccccc1-n1c2ccccc2c2cc(-c3ccc4c(c3)c3ccccc3n4-c3cccc(N(c4ccccc4)c4ccccc4)c3)ccc21.[2H]c1c([2H])c([2H])c(N(c2cccc(-n3c4ccccc4c4cc(-c5ccc6c(c5)c5ccccc5n6-c5c([2H])c([2H])c([2H])c([2H])c5[2H])ccc43)c2)c2c([2H])c([2H])c([2H])c([2H])c2[2H])c([2H])c1[2H]. The van der Waals surface area contributed by atoms with Crippen molar-refractivity contribution >= 4 is 121 Å². The number of hydrogen-bond acceptors (Lipinski definition) is 2. The zero-order valence-electron chi connectivity index (χ0n) is 70.6. The fourth-order valence-electron chi connectivity index (χ4n) is 15.1. The summed E-state index contributed by atoms with van der Waals surface area (Å²) in [6, 6.07) is 95.7. The summed E-state index contributed by atoms with van der Waals surface area (Å²) in [7, 11) is 0. The highest BCUT2D eigenvalue weighted by Gasteiger charge is 2.22. The Kier molecular flexibility index (Phi) is 11.6. The fraction of sp³-hybridized carbons (Fsp3) is 0.0103. The van der Waals surface area contributed by atoms with Crippen molar-refractivity contribution in [2.45, 2.75) is 6.92 Å². The monoisotopic (exact) mass is 1330 g/mol. The van der Waals surface area contributed by atoms with Gasteiger partial charge in [0.05, 0.1) is 64.7 Å². The molecule has 0 saturated carbocycles. The number of benzene rings is 16. The third kappa shape index (κ3) is 10.6. The Morgan fingerprint density at radius 1 is 0.214 bits per heavy atom. The molecule has 6 nitrogen and oxygen atoms in total. The van der Waals surface area contributed by atoms with Crippen LogP contribution in [0.4, 0.5) is 34.1 Å². The normalized spacial score (nSPS) is 13.6. The van der Waals surface area contributed by atoms with Crippen LogP contribution in [0.15, 0.2) is 394 Å². The molecule has 0 fully saturated rings. The molecule has 0 amide bonds.